The summed E-state index contributed by atoms with van der Waals surface area (Å²) in [4.78, 5) is 9.07. The van der Waals surface area contributed by atoms with Gasteiger partial charge in [0.15, 0.2) is 0 Å². The molecule has 0 N–H and O–H groups in total. The predicted molar refractivity (Wildman–Crippen MR) is 235 cm³/mol. The minimum Gasteiger partial charge on any atom is -0.455 e. The molecule has 10 rings (SSSR count). The largest absolute Gasteiger partial charge is 0.455 e. The molecule has 0 saturated heterocycles. The maximum Gasteiger partial charge on any atom is 0.147 e. The van der Waals surface area contributed by atoms with Crippen LogP contribution in [0.25, 0.3) is 88.6 Å². The molecule has 5 heteroatoms. The predicted octanol–water partition coefficient (Wildman–Crippen LogP) is 14.8. The van der Waals surface area contributed by atoms with Crippen LogP contribution in [0.1, 0.15) is 56.2 Å². The van der Waals surface area contributed by atoms with E-state index in [1.165, 1.54) is 11.1 Å². The third kappa shape index (κ3) is 6.95. The fourth-order valence-corrected chi connectivity index (χ4v) is 7.97. The number of furan rings is 2. The van der Waals surface area contributed by atoms with E-state index in [-0.39, 0.29) is 20.1 Å². The van der Waals surface area contributed by atoms with E-state index < -0.39 is 0 Å². The molecule has 0 atom stereocenters. The molecule has 0 bridgehead atoms. The Morgan fingerprint density at radius 2 is 1.10 bits per heavy atom. The molecule has 4 nitrogen and oxygen atoms in total. The van der Waals surface area contributed by atoms with Crippen molar-refractivity contribution in [2.75, 3.05) is 0 Å². The molecular formula is C53H42IrN2O2-2. The summed E-state index contributed by atoms with van der Waals surface area (Å²) in [5.74, 6) is 0.609. The van der Waals surface area contributed by atoms with Crippen molar-refractivity contribution in [1.82, 2.24) is 9.97 Å². The first-order valence-corrected chi connectivity index (χ1v) is 19.6. The van der Waals surface area contributed by atoms with Gasteiger partial charge in [0, 0.05) is 59.8 Å². The molecule has 0 aliphatic rings. The van der Waals surface area contributed by atoms with Crippen molar-refractivity contribution in [1.29, 1.82) is 0 Å². The number of aromatic nitrogens is 2. The second kappa shape index (κ2) is 16.4. The minimum absolute atomic E-state index is 0. The van der Waals surface area contributed by atoms with E-state index in [0.29, 0.717) is 11.8 Å². The Kier molecular flexibility index (Phi) is 10.9. The summed E-state index contributed by atoms with van der Waals surface area (Å²) in [5, 5.41) is 4.33. The molecule has 1 radical (unpaired) electrons. The summed E-state index contributed by atoms with van der Waals surface area (Å²) in [7, 11) is 0. The van der Waals surface area contributed by atoms with Crippen LogP contribution in [0, 0.1) is 19.1 Å². The average molecular weight is 931 g/mol. The van der Waals surface area contributed by atoms with E-state index in [2.05, 4.69) is 131 Å². The topological polar surface area (TPSA) is 52.1 Å². The molecule has 0 aliphatic heterocycles. The second-order valence-corrected chi connectivity index (χ2v) is 15.1. The van der Waals surface area contributed by atoms with Crippen molar-refractivity contribution < 1.29 is 28.9 Å². The van der Waals surface area contributed by atoms with Gasteiger partial charge in [0.2, 0.25) is 0 Å². The number of para-hydroxylation sites is 2. The number of fused-ring (bicyclic) bond motifs is 7. The smallest absolute Gasteiger partial charge is 0.147 e. The van der Waals surface area contributed by atoms with Gasteiger partial charge in [0.05, 0.1) is 5.39 Å². The minimum atomic E-state index is 0. The van der Waals surface area contributed by atoms with Gasteiger partial charge in [-0.2, -0.15) is 0 Å². The summed E-state index contributed by atoms with van der Waals surface area (Å²) < 4.78 is 14.1. The summed E-state index contributed by atoms with van der Waals surface area (Å²) in [6, 6.07) is 54.1. The van der Waals surface area contributed by atoms with Crippen molar-refractivity contribution in [3.8, 4) is 44.8 Å². The quantitative estimate of drug-likeness (QED) is 0.156. The van der Waals surface area contributed by atoms with E-state index >= 15 is 0 Å². The van der Waals surface area contributed by atoms with Crippen molar-refractivity contribution in [3.63, 3.8) is 0 Å². The Labute approximate surface area is 353 Å². The third-order valence-electron chi connectivity index (χ3n) is 10.8. The van der Waals surface area contributed by atoms with Crippen LogP contribution in [0.15, 0.2) is 161 Å². The normalized spacial score (nSPS) is 11.4. The van der Waals surface area contributed by atoms with Crippen molar-refractivity contribution in [2.45, 2.75) is 46.5 Å². The van der Waals surface area contributed by atoms with Crippen molar-refractivity contribution in [3.05, 3.63) is 181 Å². The second-order valence-electron chi connectivity index (χ2n) is 15.1. The van der Waals surface area contributed by atoms with Gasteiger partial charge in [0.1, 0.15) is 22.3 Å². The number of hydrogen-bond acceptors (Lipinski definition) is 4. The Morgan fingerprint density at radius 3 is 1.69 bits per heavy atom. The van der Waals surface area contributed by atoms with E-state index in [0.717, 1.165) is 94.2 Å². The molecule has 58 heavy (non-hydrogen) atoms. The summed E-state index contributed by atoms with van der Waals surface area (Å²) in [5.41, 5.74) is 15.3. The Balaban J connectivity index is 0.000000309. The molecule has 0 fully saturated rings. The molecule has 0 saturated carbocycles. The molecule has 6 aromatic carbocycles. The maximum atomic E-state index is 7.09. The zero-order valence-corrected chi connectivity index (χ0v) is 35.5. The van der Waals surface area contributed by atoms with Gasteiger partial charge in [-0.3, -0.25) is 0 Å². The molecule has 0 unspecified atom stereocenters. The molecule has 4 heterocycles. The number of aryl methyl sites for hydroxylation is 1. The molecule has 10 aromatic rings. The average Bonchev–Trinajstić information content (AvgIpc) is 3.84. The maximum absolute atomic E-state index is 7.09. The molecule has 0 aliphatic carbocycles. The molecule has 287 valence electrons. The SMILES string of the molecule is Cc1cnc(-c2[c-]cccc2)cc1-c1c(-c2ccccc2)c2c3cccc(C(C)C)c3oc2c2c1oc1c(C(C)C)cccc12.[Ir].[c-]1ccccc1-c1ccccn1. The van der Waals surface area contributed by atoms with Gasteiger partial charge in [-0.1, -0.05) is 113 Å². The van der Waals surface area contributed by atoms with Gasteiger partial charge in [0.25, 0.3) is 0 Å². The molecular weight excluding hydrogens is 889 g/mol. The van der Waals surface area contributed by atoms with E-state index in [1.54, 1.807) is 6.20 Å². The van der Waals surface area contributed by atoms with Crippen LogP contribution in [0.3, 0.4) is 0 Å². The fourth-order valence-electron chi connectivity index (χ4n) is 7.97. The zero-order valence-electron chi connectivity index (χ0n) is 33.1. The van der Waals surface area contributed by atoms with Gasteiger partial charge in [-0.15, -0.1) is 71.8 Å². The van der Waals surface area contributed by atoms with Crippen molar-refractivity contribution in [2.24, 2.45) is 0 Å². The van der Waals surface area contributed by atoms with Gasteiger partial charge >= 0.3 is 0 Å². The van der Waals surface area contributed by atoms with Gasteiger partial charge in [-0.05, 0) is 64.0 Å². The standard InChI is InChI=1S/C42H34NO2.C11H8N.Ir/c1-24(2)29-18-12-20-31-36-35(28-16-10-7-11-17-28)37(33-22-34(43-23-26(33)5)27-14-8-6-9-15-27)42-38(41(36)44-39(29)31)32-21-13-19-30(25(3)4)40(32)45-42;1-2-6-10(7-3-1)11-8-4-5-9-12-11;/h6-14,16-25H,1-5H3;1-6,8-9H;/q2*-1;. The van der Waals surface area contributed by atoms with Gasteiger partial charge < -0.3 is 18.8 Å². The van der Waals surface area contributed by atoms with Crippen LogP contribution in [0.4, 0.5) is 0 Å². The Morgan fingerprint density at radius 1 is 0.517 bits per heavy atom. The van der Waals surface area contributed by atoms with Crippen LogP contribution in [-0.4, -0.2) is 9.97 Å². The van der Waals surface area contributed by atoms with Crippen LogP contribution in [0.5, 0.6) is 0 Å². The van der Waals surface area contributed by atoms with Crippen LogP contribution >= 0.6 is 0 Å². The summed E-state index contributed by atoms with van der Waals surface area (Å²) >= 11 is 0. The number of rotatable bonds is 6. The molecule has 0 spiro atoms. The Bertz CT molecular complexity index is 2970. The molecule has 4 aromatic heterocycles. The van der Waals surface area contributed by atoms with Crippen molar-refractivity contribution >= 4 is 43.9 Å². The third-order valence-corrected chi connectivity index (χ3v) is 10.8. The monoisotopic (exact) mass is 931 g/mol. The number of benzene rings is 6. The Hall–Kier alpha value is -6.13. The number of hydrogen-bond donors (Lipinski definition) is 0. The number of nitrogens with zero attached hydrogens (tertiary/aromatic N) is 2. The number of pyridine rings is 2. The van der Waals surface area contributed by atoms with Gasteiger partial charge in [-0.25, -0.2) is 0 Å². The molecule has 0 amide bonds. The van der Waals surface area contributed by atoms with E-state index in [9.17, 15) is 0 Å². The first-order chi connectivity index (χ1) is 27.9. The summed E-state index contributed by atoms with van der Waals surface area (Å²) in [6.45, 7) is 11.0. The fraction of sp³-hybridized carbons (Fsp3) is 0.132. The first kappa shape index (κ1) is 38.7. The van der Waals surface area contributed by atoms with Crippen LogP contribution in [0.2, 0.25) is 0 Å². The summed E-state index contributed by atoms with van der Waals surface area (Å²) in [6.07, 6.45) is 3.76. The van der Waals surface area contributed by atoms with E-state index in [1.807, 2.05) is 66.9 Å². The van der Waals surface area contributed by atoms with Crippen LogP contribution < -0.4 is 0 Å². The van der Waals surface area contributed by atoms with E-state index in [4.69, 9.17) is 13.8 Å². The first-order valence-electron chi connectivity index (χ1n) is 19.6. The zero-order chi connectivity index (χ0) is 39.0. The van der Waals surface area contributed by atoms with Crippen LogP contribution in [-0.2, 0) is 20.1 Å².